The smallest absolute Gasteiger partial charge is 0.306 e. The summed E-state index contributed by atoms with van der Waals surface area (Å²) in [6.07, 6.45) is 48.1. The van der Waals surface area contributed by atoms with Crippen molar-refractivity contribution in [3.05, 3.63) is 24.3 Å². The fourth-order valence-corrected chi connectivity index (χ4v) is 6.65. The van der Waals surface area contributed by atoms with Crippen molar-refractivity contribution in [3.8, 4) is 0 Å². The molecule has 0 aliphatic carbocycles. The molecule has 1 unspecified atom stereocenters. The number of unbranched alkanes of at least 4 members (excludes halogenated alkanes) is 27. The first-order chi connectivity index (χ1) is 26.5. The molecule has 0 saturated heterocycles. The van der Waals surface area contributed by atoms with Gasteiger partial charge in [0.15, 0.2) is 6.10 Å². The number of esters is 3. The van der Waals surface area contributed by atoms with Crippen LogP contribution in [0, 0.1) is 0 Å². The molecule has 316 valence electrons. The lowest BCUT2D eigenvalue weighted by molar-refractivity contribution is -0.167. The summed E-state index contributed by atoms with van der Waals surface area (Å²) in [7, 11) is 0. The molecule has 0 aliphatic rings. The van der Waals surface area contributed by atoms with Gasteiger partial charge in [-0.25, -0.2) is 0 Å². The van der Waals surface area contributed by atoms with E-state index in [1.807, 2.05) is 0 Å². The van der Waals surface area contributed by atoms with E-state index in [9.17, 15) is 14.4 Å². The van der Waals surface area contributed by atoms with E-state index >= 15 is 0 Å². The van der Waals surface area contributed by atoms with Gasteiger partial charge in [0, 0.05) is 19.3 Å². The third-order valence-corrected chi connectivity index (χ3v) is 10.2. The summed E-state index contributed by atoms with van der Waals surface area (Å²) < 4.78 is 16.5. The number of hydrogen-bond acceptors (Lipinski definition) is 6. The molecule has 0 aromatic carbocycles. The van der Waals surface area contributed by atoms with E-state index in [0.717, 1.165) is 70.6 Å². The van der Waals surface area contributed by atoms with Gasteiger partial charge in [-0.2, -0.15) is 0 Å². The molecule has 0 radical (unpaired) electrons. The predicted octanol–water partition coefficient (Wildman–Crippen LogP) is 14.8. The molecule has 0 aliphatic heterocycles. The van der Waals surface area contributed by atoms with Crippen molar-refractivity contribution in [2.45, 2.75) is 252 Å². The van der Waals surface area contributed by atoms with Crippen molar-refractivity contribution < 1.29 is 28.6 Å². The first kappa shape index (κ1) is 51.9. The molecule has 0 spiro atoms. The molecule has 54 heavy (non-hydrogen) atoms. The molecule has 6 nitrogen and oxygen atoms in total. The summed E-state index contributed by atoms with van der Waals surface area (Å²) >= 11 is 0. The molecular formula is C48H88O6. The van der Waals surface area contributed by atoms with Gasteiger partial charge in [0.05, 0.1) is 0 Å². The van der Waals surface area contributed by atoms with E-state index < -0.39 is 6.10 Å². The van der Waals surface area contributed by atoms with Crippen LogP contribution in [0.2, 0.25) is 0 Å². The van der Waals surface area contributed by atoms with Gasteiger partial charge in [-0.15, -0.1) is 0 Å². The van der Waals surface area contributed by atoms with Gasteiger partial charge < -0.3 is 14.2 Å². The molecule has 0 fully saturated rings. The van der Waals surface area contributed by atoms with Crippen LogP contribution in [-0.2, 0) is 28.6 Å². The van der Waals surface area contributed by atoms with Crippen molar-refractivity contribution >= 4 is 17.9 Å². The largest absolute Gasteiger partial charge is 0.462 e. The highest BCUT2D eigenvalue weighted by atomic mass is 16.6. The molecule has 0 bridgehead atoms. The molecule has 0 heterocycles. The van der Waals surface area contributed by atoms with Gasteiger partial charge in [-0.3, -0.25) is 14.4 Å². The molecule has 0 amide bonds. The Labute approximate surface area is 334 Å². The summed E-state index contributed by atoms with van der Waals surface area (Å²) in [6, 6.07) is 0. The lowest BCUT2D eigenvalue weighted by Gasteiger charge is -2.18. The van der Waals surface area contributed by atoms with E-state index in [4.69, 9.17) is 14.2 Å². The third kappa shape index (κ3) is 41.1. The molecular weight excluding hydrogens is 673 g/mol. The van der Waals surface area contributed by atoms with Gasteiger partial charge >= 0.3 is 17.9 Å². The van der Waals surface area contributed by atoms with E-state index in [2.05, 4.69) is 45.1 Å². The van der Waals surface area contributed by atoms with E-state index in [1.165, 1.54) is 135 Å². The Morgan fingerprint density at radius 3 is 1.02 bits per heavy atom. The Hall–Kier alpha value is -2.11. The minimum atomic E-state index is -0.759. The monoisotopic (exact) mass is 761 g/mol. The van der Waals surface area contributed by atoms with Gasteiger partial charge in [-0.05, 0) is 51.4 Å². The zero-order valence-corrected chi connectivity index (χ0v) is 36.0. The SMILES string of the molecule is CCCCCCC/C=C\C/C=C\CCCCCCCCCCCCCCCC(=O)OCC(COC(=O)CCCCCCC)OC(=O)CCCCCCCC. The summed E-state index contributed by atoms with van der Waals surface area (Å²) in [6.45, 7) is 6.48. The van der Waals surface area contributed by atoms with Crippen molar-refractivity contribution in [3.63, 3.8) is 0 Å². The van der Waals surface area contributed by atoms with Crippen LogP contribution >= 0.6 is 0 Å². The zero-order chi connectivity index (χ0) is 39.4. The van der Waals surface area contributed by atoms with Crippen LogP contribution in [0.25, 0.3) is 0 Å². The van der Waals surface area contributed by atoms with Gasteiger partial charge in [0.2, 0.25) is 0 Å². The maximum atomic E-state index is 12.5. The molecule has 0 N–H and O–H groups in total. The fraction of sp³-hybridized carbons (Fsp3) is 0.854. The topological polar surface area (TPSA) is 78.9 Å². The molecule has 0 aromatic heterocycles. The summed E-state index contributed by atoms with van der Waals surface area (Å²) in [5.41, 5.74) is 0. The number of carbonyl (C=O) groups excluding carboxylic acids is 3. The summed E-state index contributed by atoms with van der Waals surface area (Å²) in [4.78, 5) is 37.2. The van der Waals surface area contributed by atoms with Crippen LogP contribution in [0.1, 0.15) is 245 Å². The number of hydrogen-bond donors (Lipinski definition) is 0. The Morgan fingerprint density at radius 1 is 0.370 bits per heavy atom. The normalized spacial score (nSPS) is 12.1. The molecule has 1 atom stereocenters. The van der Waals surface area contributed by atoms with Gasteiger partial charge in [0.1, 0.15) is 13.2 Å². The first-order valence-electron chi connectivity index (χ1n) is 23.3. The number of rotatable bonds is 42. The highest BCUT2D eigenvalue weighted by Crippen LogP contribution is 2.15. The highest BCUT2D eigenvalue weighted by Gasteiger charge is 2.19. The Balaban J connectivity index is 3.90. The Morgan fingerprint density at radius 2 is 0.667 bits per heavy atom. The van der Waals surface area contributed by atoms with Crippen LogP contribution in [0.5, 0.6) is 0 Å². The van der Waals surface area contributed by atoms with Gasteiger partial charge in [-0.1, -0.05) is 199 Å². The summed E-state index contributed by atoms with van der Waals surface area (Å²) in [5.74, 6) is -0.891. The molecule has 0 aromatic rings. The lowest BCUT2D eigenvalue weighted by atomic mass is 10.0. The van der Waals surface area contributed by atoms with E-state index in [1.54, 1.807) is 0 Å². The first-order valence-corrected chi connectivity index (χ1v) is 23.3. The van der Waals surface area contributed by atoms with Crippen molar-refractivity contribution in [1.82, 2.24) is 0 Å². The lowest BCUT2D eigenvalue weighted by Crippen LogP contribution is -2.30. The van der Waals surface area contributed by atoms with Crippen LogP contribution in [0.15, 0.2) is 24.3 Å². The number of allylic oxidation sites excluding steroid dienone is 4. The average molecular weight is 761 g/mol. The average Bonchev–Trinajstić information content (AvgIpc) is 3.17. The third-order valence-electron chi connectivity index (χ3n) is 10.2. The van der Waals surface area contributed by atoms with Crippen LogP contribution in [0.4, 0.5) is 0 Å². The second-order valence-corrected chi connectivity index (χ2v) is 15.7. The second kappa shape index (κ2) is 43.6. The van der Waals surface area contributed by atoms with Gasteiger partial charge in [0.25, 0.3) is 0 Å². The van der Waals surface area contributed by atoms with Crippen molar-refractivity contribution in [2.75, 3.05) is 13.2 Å². The van der Waals surface area contributed by atoms with Crippen LogP contribution < -0.4 is 0 Å². The molecule has 0 rings (SSSR count). The Kier molecular flexibility index (Phi) is 41.9. The molecule has 6 heteroatoms. The van der Waals surface area contributed by atoms with E-state index in [0.29, 0.717) is 19.3 Å². The summed E-state index contributed by atoms with van der Waals surface area (Å²) in [5, 5.41) is 0. The van der Waals surface area contributed by atoms with Crippen LogP contribution in [0.3, 0.4) is 0 Å². The zero-order valence-electron chi connectivity index (χ0n) is 36.0. The minimum Gasteiger partial charge on any atom is -0.462 e. The fourth-order valence-electron chi connectivity index (χ4n) is 6.65. The number of ether oxygens (including phenoxy) is 3. The number of carbonyl (C=O) groups is 3. The highest BCUT2D eigenvalue weighted by molar-refractivity contribution is 5.71. The Bertz CT molecular complexity index is 880. The quantitative estimate of drug-likeness (QED) is 0.0267. The minimum absolute atomic E-state index is 0.0698. The maximum absolute atomic E-state index is 12.5. The molecule has 0 saturated carbocycles. The second-order valence-electron chi connectivity index (χ2n) is 15.7. The van der Waals surface area contributed by atoms with E-state index in [-0.39, 0.29) is 31.1 Å². The standard InChI is InChI=1S/C48H88O6/c1-4-7-10-13-15-16-17-18-19-20-21-22-23-24-25-26-27-28-29-30-31-32-33-36-38-41-47(50)53-44-45(43-52-46(49)40-37-34-12-9-6-3)54-48(51)42-39-35-14-11-8-5-2/h17-18,20-21,45H,4-16,19,22-44H2,1-3H3/b18-17-,21-20-. The predicted molar refractivity (Wildman–Crippen MR) is 229 cm³/mol. The maximum Gasteiger partial charge on any atom is 0.306 e. The van der Waals surface area contributed by atoms with Crippen molar-refractivity contribution in [1.29, 1.82) is 0 Å². The van der Waals surface area contributed by atoms with Crippen molar-refractivity contribution in [2.24, 2.45) is 0 Å². The van der Waals surface area contributed by atoms with Crippen LogP contribution in [-0.4, -0.2) is 37.2 Å².